The highest BCUT2D eigenvalue weighted by atomic mass is 16.1. The van der Waals surface area contributed by atoms with Gasteiger partial charge in [-0.3, -0.25) is 4.79 Å². The Bertz CT molecular complexity index is 372. The van der Waals surface area contributed by atoms with Gasteiger partial charge >= 0.3 is 0 Å². The minimum Gasteiger partial charge on any atom is -0.312 e. The fourth-order valence-electron chi connectivity index (χ4n) is 1.09. The van der Waals surface area contributed by atoms with Crippen molar-refractivity contribution in [1.29, 1.82) is 0 Å². The number of nitrogens with zero attached hydrogens (tertiary/aromatic N) is 3. The van der Waals surface area contributed by atoms with E-state index >= 15 is 0 Å². The average molecular weight is 176 g/mol. The van der Waals surface area contributed by atoms with Gasteiger partial charge in [-0.25, -0.2) is 4.68 Å². The van der Waals surface area contributed by atoms with E-state index in [2.05, 4.69) is 15.6 Å². The monoisotopic (exact) mass is 176 g/mol. The standard InChI is InChI=1S/C8H8N4O/c1-2-8(13)7-5-12(11-10-7)6-3-9-4-6/h1,5-6,9H,3-4H2. The van der Waals surface area contributed by atoms with Crippen LogP contribution in [-0.4, -0.2) is 33.9 Å². The van der Waals surface area contributed by atoms with Crippen molar-refractivity contribution in [2.24, 2.45) is 0 Å². The van der Waals surface area contributed by atoms with E-state index in [-0.39, 0.29) is 5.69 Å². The quantitative estimate of drug-likeness (QED) is 0.365. The van der Waals surface area contributed by atoms with Crippen molar-refractivity contribution in [3.8, 4) is 12.3 Å². The van der Waals surface area contributed by atoms with E-state index in [1.165, 1.54) is 0 Å². The van der Waals surface area contributed by atoms with Gasteiger partial charge in [-0.1, -0.05) is 5.21 Å². The number of aromatic nitrogens is 3. The largest absolute Gasteiger partial charge is 0.312 e. The molecule has 0 aromatic carbocycles. The highest BCUT2D eigenvalue weighted by Crippen LogP contribution is 2.09. The third-order valence-electron chi connectivity index (χ3n) is 2.01. The van der Waals surface area contributed by atoms with Gasteiger partial charge in [0, 0.05) is 13.1 Å². The highest BCUT2D eigenvalue weighted by Gasteiger charge is 2.20. The van der Waals surface area contributed by atoms with Crippen LogP contribution in [0.4, 0.5) is 0 Å². The van der Waals surface area contributed by atoms with Crippen molar-refractivity contribution in [2.75, 3.05) is 13.1 Å². The van der Waals surface area contributed by atoms with Crippen LogP contribution in [-0.2, 0) is 0 Å². The summed E-state index contributed by atoms with van der Waals surface area (Å²) in [6.45, 7) is 1.74. The number of hydrogen-bond acceptors (Lipinski definition) is 4. The van der Waals surface area contributed by atoms with E-state index in [1.54, 1.807) is 10.9 Å². The molecule has 0 radical (unpaired) electrons. The van der Waals surface area contributed by atoms with E-state index in [0.29, 0.717) is 6.04 Å². The van der Waals surface area contributed by atoms with Gasteiger partial charge in [0.2, 0.25) is 0 Å². The summed E-state index contributed by atoms with van der Waals surface area (Å²) in [6.07, 6.45) is 6.54. The Morgan fingerprint density at radius 1 is 1.77 bits per heavy atom. The van der Waals surface area contributed by atoms with Crippen molar-refractivity contribution < 1.29 is 4.79 Å². The number of rotatable bonds is 2. The second-order valence-corrected chi connectivity index (χ2v) is 2.87. The van der Waals surface area contributed by atoms with Gasteiger partial charge in [0.15, 0.2) is 5.69 Å². The lowest BCUT2D eigenvalue weighted by Crippen LogP contribution is -2.43. The molecule has 0 saturated carbocycles. The molecule has 0 bridgehead atoms. The van der Waals surface area contributed by atoms with Crippen LogP contribution >= 0.6 is 0 Å². The van der Waals surface area contributed by atoms with E-state index in [0.717, 1.165) is 13.1 Å². The molecule has 2 heterocycles. The summed E-state index contributed by atoms with van der Waals surface area (Å²) in [7, 11) is 0. The maximum atomic E-state index is 11.0. The van der Waals surface area contributed by atoms with E-state index in [4.69, 9.17) is 6.42 Å². The zero-order valence-corrected chi connectivity index (χ0v) is 6.90. The van der Waals surface area contributed by atoms with Crippen molar-refractivity contribution in [1.82, 2.24) is 20.3 Å². The highest BCUT2D eigenvalue weighted by molar-refractivity contribution is 6.06. The van der Waals surface area contributed by atoms with Crippen molar-refractivity contribution in [2.45, 2.75) is 6.04 Å². The number of ketones is 1. The lowest BCUT2D eigenvalue weighted by atomic mass is 10.2. The number of Topliss-reactive ketones (excluding diaryl/α,β-unsaturated/α-hetero) is 1. The zero-order chi connectivity index (χ0) is 9.26. The minimum atomic E-state index is -0.418. The second-order valence-electron chi connectivity index (χ2n) is 2.87. The van der Waals surface area contributed by atoms with Gasteiger partial charge in [0.1, 0.15) is 0 Å². The first-order chi connectivity index (χ1) is 6.31. The van der Waals surface area contributed by atoms with Crippen molar-refractivity contribution in [3.63, 3.8) is 0 Å². The Hall–Kier alpha value is -1.67. The summed E-state index contributed by atoms with van der Waals surface area (Å²) in [4.78, 5) is 11.0. The molecular weight excluding hydrogens is 168 g/mol. The lowest BCUT2D eigenvalue weighted by molar-refractivity contribution is 0.105. The molecule has 0 amide bonds. The fraction of sp³-hybridized carbons (Fsp3) is 0.375. The van der Waals surface area contributed by atoms with Crippen LogP contribution in [0.25, 0.3) is 0 Å². The Morgan fingerprint density at radius 2 is 2.54 bits per heavy atom. The molecule has 1 aliphatic heterocycles. The first-order valence-corrected chi connectivity index (χ1v) is 3.95. The predicted molar refractivity (Wildman–Crippen MR) is 45.1 cm³/mol. The summed E-state index contributed by atoms with van der Waals surface area (Å²) in [5, 5.41) is 10.6. The Kier molecular flexibility index (Phi) is 1.83. The molecule has 1 aromatic heterocycles. The van der Waals surface area contributed by atoms with Gasteiger partial charge in [-0.15, -0.1) is 11.5 Å². The molecule has 5 heteroatoms. The fourth-order valence-corrected chi connectivity index (χ4v) is 1.09. The van der Waals surface area contributed by atoms with Crippen LogP contribution < -0.4 is 5.32 Å². The number of carbonyl (C=O) groups is 1. The van der Waals surface area contributed by atoms with Crippen LogP contribution in [0, 0.1) is 12.3 Å². The summed E-state index contributed by atoms with van der Waals surface area (Å²) in [6, 6.07) is 0.312. The molecule has 0 aliphatic carbocycles. The molecular formula is C8H8N4O. The minimum absolute atomic E-state index is 0.245. The first-order valence-electron chi connectivity index (χ1n) is 3.95. The van der Waals surface area contributed by atoms with Gasteiger partial charge in [-0.2, -0.15) is 0 Å². The Labute approximate surface area is 75.1 Å². The van der Waals surface area contributed by atoms with Crippen LogP contribution in [0.15, 0.2) is 6.20 Å². The van der Waals surface area contributed by atoms with Crippen LogP contribution in [0.2, 0.25) is 0 Å². The molecule has 66 valence electrons. The molecule has 2 rings (SSSR count). The molecule has 1 aliphatic rings. The summed E-state index contributed by atoms with van der Waals surface area (Å²) in [5.41, 5.74) is 0.245. The Balaban J connectivity index is 2.18. The maximum absolute atomic E-state index is 11.0. The van der Waals surface area contributed by atoms with E-state index < -0.39 is 5.78 Å². The van der Waals surface area contributed by atoms with Crippen LogP contribution in [0.3, 0.4) is 0 Å². The number of nitrogens with one attached hydrogen (secondary N) is 1. The Morgan fingerprint density at radius 3 is 3.08 bits per heavy atom. The molecule has 0 spiro atoms. The SMILES string of the molecule is C#CC(=O)c1cn(C2CNC2)nn1. The van der Waals surface area contributed by atoms with Gasteiger partial charge < -0.3 is 5.32 Å². The molecule has 1 saturated heterocycles. The van der Waals surface area contributed by atoms with E-state index in [9.17, 15) is 4.79 Å². The topological polar surface area (TPSA) is 59.8 Å². The number of terminal acetylenes is 1. The maximum Gasteiger partial charge on any atom is 0.257 e. The molecule has 0 atom stereocenters. The molecule has 1 aromatic rings. The first kappa shape index (κ1) is 7.95. The molecule has 5 nitrogen and oxygen atoms in total. The molecule has 13 heavy (non-hydrogen) atoms. The third kappa shape index (κ3) is 1.32. The van der Waals surface area contributed by atoms with Gasteiger partial charge in [0.25, 0.3) is 5.78 Å². The second kappa shape index (κ2) is 2.99. The summed E-state index contributed by atoms with van der Waals surface area (Å²) in [5.74, 6) is 1.58. The molecule has 0 unspecified atom stereocenters. The van der Waals surface area contributed by atoms with Gasteiger partial charge in [0.05, 0.1) is 12.2 Å². The van der Waals surface area contributed by atoms with Gasteiger partial charge in [-0.05, 0) is 5.92 Å². The normalized spacial score (nSPS) is 16.2. The van der Waals surface area contributed by atoms with Crippen LogP contribution in [0.1, 0.15) is 16.5 Å². The predicted octanol–water partition coefficient (Wildman–Crippen LogP) is -0.762. The van der Waals surface area contributed by atoms with Crippen molar-refractivity contribution in [3.05, 3.63) is 11.9 Å². The summed E-state index contributed by atoms with van der Waals surface area (Å²) < 4.78 is 1.67. The smallest absolute Gasteiger partial charge is 0.257 e. The van der Waals surface area contributed by atoms with Crippen LogP contribution in [0.5, 0.6) is 0 Å². The average Bonchev–Trinajstić information content (AvgIpc) is 2.49. The third-order valence-corrected chi connectivity index (χ3v) is 2.01. The number of carbonyl (C=O) groups excluding carboxylic acids is 1. The van der Waals surface area contributed by atoms with E-state index in [1.807, 2.05) is 5.92 Å². The van der Waals surface area contributed by atoms with Crippen molar-refractivity contribution >= 4 is 5.78 Å². The zero-order valence-electron chi connectivity index (χ0n) is 6.90. The molecule has 1 fully saturated rings. The lowest BCUT2D eigenvalue weighted by Gasteiger charge is -2.26. The molecule has 1 N–H and O–H groups in total. The summed E-state index contributed by atoms with van der Waals surface area (Å²) >= 11 is 0. The number of hydrogen-bond donors (Lipinski definition) is 1.